The molecule has 0 saturated carbocycles. The van der Waals surface area contributed by atoms with E-state index in [2.05, 4.69) is 10.0 Å². The van der Waals surface area contributed by atoms with Gasteiger partial charge in [-0.1, -0.05) is 25.5 Å². The topological polar surface area (TPSA) is 75.3 Å². The number of nitrogens with one attached hydrogen (secondary N) is 2. The molecule has 18 heavy (non-hydrogen) atoms. The molecule has 0 spiro atoms. The van der Waals surface area contributed by atoms with Gasteiger partial charge in [0.2, 0.25) is 10.0 Å². The van der Waals surface area contributed by atoms with Crippen LogP contribution in [0.3, 0.4) is 0 Å². The maximum absolute atomic E-state index is 11.9. The normalized spacial score (nSPS) is 11.0. The number of benzene rings is 1. The number of hydrogen-bond donors (Lipinski definition) is 2. The molecule has 0 aliphatic heterocycles. The molecule has 0 aromatic heterocycles. The first kappa shape index (κ1) is 14.5. The van der Waals surface area contributed by atoms with E-state index in [4.69, 9.17) is 0 Å². The van der Waals surface area contributed by atoms with Gasteiger partial charge in [0, 0.05) is 6.54 Å². The Morgan fingerprint density at radius 3 is 2.56 bits per heavy atom. The average Bonchev–Trinajstić information content (AvgIpc) is 2.27. The molecule has 0 radical (unpaired) electrons. The lowest BCUT2D eigenvalue weighted by Gasteiger charge is -2.10. The van der Waals surface area contributed by atoms with Crippen LogP contribution in [0.25, 0.3) is 0 Å². The Balaban J connectivity index is 2.84. The third kappa shape index (κ3) is 4.75. The van der Waals surface area contributed by atoms with Crippen LogP contribution in [0.2, 0.25) is 0 Å². The molecule has 1 rings (SSSR count). The lowest BCUT2D eigenvalue weighted by atomic mass is 10.1. The second kappa shape index (κ2) is 6.39. The van der Waals surface area contributed by atoms with E-state index in [1.54, 1.807) is 24.3 Å². The third-order valence-electron chi connectivity index (χ3n) is 2.28. The first-order valence-corrected chi connectivity index (χ1v) is 7.68. The van der Waals surface area contributed by atoms with Crippen molar-refractivity contribution in [3.63, 3.8) is 0 Å². The standard InChI is InChI=1S/C12H18N2O3S/c1-3-4-9-13-12(15)10-7-5-6-8-11(10)14-18(2,16)17/h5-8,14H,3-4,9H2,1-2H3,(H,13,15). The Kier molecular flexibility index (Phi) is 5.15. The monoisotopic (exact) mass is 270 g/mol. The Labute approximate surface area is 108 Å². The van der Waals surface area contributed by atoms with Crippen LogP contribution in [-0.2, 0) is 10.0 Å². The molecule has 1 aromatic carbocycles. The fourth-order valence-corrected chi connectivity index (χ4v) is 2.02. The zero-order valence-electron chi connectivity index (χ0n) is 10.6. The minimum atomic E-state index is -3.39. The fourth-order valence-electron chi connectivity index (χ4n) is 1.44. The highest BCUT2D eigenvalue weighted by Crippen LogP contribution is 2.15. The smallest absolute Gasteiger partial charge is 0.253 e. The van der Waals surface area contributed by atoms with Crippen molar-refractivity contribution < 1.29 is 13.2 Å². The van der Waals surface area contributed by atoms with E-state index in [1.807, 2.05) is 6.92 Å². The number of carbonyl (C=O) groups is 1. The predicted molar refractivity (Wildman–Crippen MR) is 72.1 cm³/mol. The molecule has 2 N–H and O–H groups in total. The van der Waals surface area contributed by atoms with Gasteiger partial charge < -0.3 is 5.32 Å². The van der Waals surface area contributed by atoms with Gasteiger partial charge in [-0.05, 0) is 18.6 Å². The van der Waals surface area contributed by atoms with Gasteiger partial charge in [-0.2, -0.15) is 0 Å². The van der Waals surface area contributed by atoms with E-state index in [-0.39, 0.29) is 5.91 Å². The molecule has 1 amide bonds. The summed E-state index contributed by atoms with van der Waals surface area (Å²) in [5.41, 5.74) is 0.632. The molecule has 0 unspecified atom stereocenters. The molecule has 0 bridgehead atoms. The molecule has 0 aliphatic rings. The van der Waals surface area contributed by atoms with Gasteiger partial charge in [0.1, 0.15) is 0 Å². The molecular weight excluding hydrogens is 252 g/mol. The summed E-state index contributed by atoms with van der Waals surface area (Å²) in [6.45, 7) is 2.62. The molecule has 0 aliphatic carbocycles. The predicted octanol–water partition coefficient (Wildman–Crippen LogP) is 1.59. The molecule has 100 valence electrons. The van der Waals surface area contributed by atoms with Gasteiger partial charge in [-0.15, -0.1) is 0 Å². The quantitative estimate of drug-likeness (QED) is 0.771. The van der Waals surface area contributed by atoms with Crippen molar-refractivity contribution in [1.82, 2.24) is 5.32 Å². The number of rotatable bonds is 6. The Bertz CT molecular complexity index is 512. The number of sulfonamides is 1. The first-order valence-electron chi connectivity index (χ1n) is 5.79. The maximum Gasteiger partial charge on any atom is 0.253 e. The molecule has 0 atom stereocenters. The summed E-state index contributed by atoms with van der Waals surface area (Å²) in [6.07, 6.45) is 2.94. The van der Waals surface area contributed by atoms with E-state index < -0.39 is 10.0 Å². The summed E-state index contributed by atoms with van der Waals surface area (Å²) in [5.74, 6) is -0.268. The summed E-state index contributed by atoms with van der Waals surface area (Å²) < 4.78 is 24.7. The van der Waals surface area contributed by atoms with Gasteiger partial charge in [0.25, 0.3) is 5.91 Å². The zero-order valence-corrected chi connectivity index (χ0v) is 11.4. The SMILES string of the molecule is CCCCNC(=O)c1ccccc1NS(C)(=O)=O. The van der Waals surface area contributed by atoms with Crippen molar-refractivity contribution >= 4 is 21.6 Å². The van der Waals surface area contributed by atoms with Crippen LogP contribution in [0.1, 0.15) is 30.1 Å². The highest BCUT2D eigenvalue weighted by Gasteiger charge is 2.12. The second-order valence-corrected chi connectivity index (χ2v) is 5.78. The van der Waals surface area contributed by atoms with Gasteiger partial charge in [-0.3, -0.25) is 9.52 Å². The van der Waals surface area contributed by atoms with Crippen molar-refractivity contribution in [2.24, 2.45) is 0 Å². The van der Waals surface area contributed by atoms with E-state index in [0.29, 0.717) is 17.8 Å². The molecule has 0 saturated heterocycles. The van der Waals surface area contributed by atoms with Gasteiger partial charge in [0.05, 0.1) is 17.5 Å². The van der Waals surface area contributed by atoms with Crippen LogP contribution in [0.15, 0.2) is 24.3 Å². The average molecular weight is 270 g/mol. The molecule has 6 heteroatoms. The van der Waals surface area contributed by atoms with E-state index in [1.165, 1.54) is 0 Å². The summed E-state index contributed by atoms with van der Waals surface area (Å²) in [5, 5.41) is 2.75. The number of unbranched alkanes of at least 4 members (excludes halogenated alkanes) is 1. The summed E-state index contributed by atoms with van der Waals surface area (Å²) in [7, 11) is -3.39. The summed E-state index contributed by atoms with van der Waals surface area (Å²) >= 11 is 0. The van der Waals surface area contributed by atoms with Crippen molar-refractivity contribution in [3.05, 3.63) is 29.8 Å². The number of hydrogen-bond acceptors (Lipinski definition) is 3. The highest BCUT2D eigenvalue weighted by molar-refractivity contribution is 7.92. The Morgan fingerprint density at radius 2 is 1.94 bits per heavy atom. The Morgan fingerprint density at radius 1 is 1.28 bits per heavy atom. The van der Waals surface area contributed by atoms with Crippen LogP contribution < -0.4 is 10.0 Å². The number of anilines is 1. The fraction of sp³-hybridized carbons (Fsp3) is 0.417. The van der Waals surface area contributed by atoms with Gasteiger partial charge in [0.15, 0.2) is 0 Å². The number of para-hydroxylation sites is 1. The number of amides is 1. The lowest BCUT2D eigenvalue weighted by molar-refractivity contribution is 0.0954. The van der Waals surface area contributed by atoms with Crippen molar-refractivity contribution in [1.29, 1.82) is 0 Å². The molecule has 1 aromatic rings. The highest BCUT2D eigenvalue weighted by atomic mass is 32.2. The van der Waals surface area contributed by atoms with Crippen LogP contribution in [0.5, 0.6) is 0 Å². The van der Waals surface area contributed by atoms with Crippen molar-refractivity contribution in [2.75, 3.05) is 17.5 Å². The number of carbonyl (C=O) groups excluding carboxylic acids is 1. The van der Waals surface area contributed by atoms with Crippen LogP contribution in [0.4, 0.5) is 5.69 Å². The van der Waals surface area contributed by atoms with Crippen LogP contribution in [0, 0.1) is 0 Å². The van der Waals surface area contributed by atoms with Gasteiger partial charge >= 0.3 is 0 Å². The zero-order chi connectivity index (χ0) is 13.6. The summed E-state index contributed by atoms with van der Waals surface area (Å²) in [6, 6.07) is 6.53. The van der Waals surface area contributed by atoms with E-state index in [9.17, 15) is 13.2 Å². The van der Waals surface area contributed by atoms with Crippen molar-refractivity contribution in [3.8, 4) is 0 Å². The van der Waals surface area contributed by atoms with Crippen LogP contribution >= 0.6 is 0 Å². The second-order valence-electron chi connectivity index (χ2n) is 4.03. The molecule has 0 fully saturated rings. The molecule has 5 nitrogen and oxygen atoms in total. The third-order valence-corrected chi connectivity index (χ3v) is 2.87. The first-order chi connectivity index (χ1) is 8.44. The minimum absolute atomic E-state index is 0.268. The summed E-state index contributed by atoms with van der Waals surface area (Å²) in [4.78, 5) is 11.9. The van der Waals surface area contributed by atoms with Gasteiger partial charge in [-0.25, -0.2) is 8.42 Å². The van der Waals surface area contributed by atoms with E-state index >= 15 is 0 Å². The lowest BCUT2D eigenvalue weighted by Crippen LogP contribution is -2.25. The maximum atomic E-state index is 11.9. The molecule has 0 heterocycles. The van der Waals surface area contributed by atoms with Crippen LogP contribution in [-0.4, -0.2) is 27.1 Å². The Hall–Kier alpha value is -1.56. The minimum Gasteiger partial charge on any atom is -0.352 e. The van der Waals surface area contributed by atoms with E-state index in [0.717, 1.165) is 19.1 Å². The largest absolute Gasteiger partial charge is 0.352 e. The van der Waals surface area contributed by atoms with Crippen molar-refractivity contribution in [2.45, 2.75) is 19.8 Å². The molecular formula is C12H18N2O3S.